The summed E-state index contributed by atoms with van der Waals surface area (Å²) in [5.74, 6) is 0.324. The number of rotatable bonds is 3. The molecule has 0 spiro atoms. The molecule has 1 aromatic carbocycles. The first kappa shape index (κ1) is 15.1. The molecule has 0 bridgehead atoms. The monoisotopic (exact) mass is 329 g/mol. The number of hydrogen-bond donors (Lipinski definition) is 3. The molecular formula is C16H15N3O3S. The second-order valence-corrected chi connectivity index (χ2v) is 6.07. The van der Waals surface area contributed by atoms with Crippen LogP contribution in [0.25, 0.3) is 10.2 Å². The zero-order chi connectivity index (χ0) is 16.6. The van der Waals surface area contributed by atoms with Crippen molar-refractivity contribution < 1.29 is 9.53 Å². The molecule has 2 heterocycles. The van der Waals surface area contributed by atoms with Crippen molar-refractivity contribution in [3.8, 4) is 5.75 Å². The van der Waals surface area contributed by atoms with E-state index in [0.717, 1.165) is 5.56 Å². The van der Waals surface area contributed by atoms with Crippen molar-refractivity contribution in [2.75, 3.05) is 18.2 Å². The number of carbonyl (C=O) groups is 1. The van der Waals surface area contributed by atoms with Gasteiger partial charge in [0.05, 0.1) is 12.8 Å². The van der Waals surface area contributed by atoms with Crippen molar-refractivity contribution >= 4 is 38.8 Å². The summed E-state index contributed by atoms with van der Waals surface area (Å²) in [4.78, 5) is 27.7. The molecule has 2 aromatic heterocycles. The van der Waals surface area contributed by atoms with Crippen LogP contribution < -0.4 is 21.3 Å². The second kappa shape index (κ2) is 5.77. The number of ether oxygens (including phenoxy) is 1. The Kier molecular flexibility index (Phi) is 3.79. The highest BCUT2D eigenvalue weighted by Crippen LogP contribution is 2.34. The quantitative estimate of drug-likeness (QED) is 0.688. The van der Waals surface area contributed by atoms with Gasteiger partial charge in [0.2, 0.25) is 5.56 Å². The van der Waals surface area contributed by atoms with Gasteiger partial charge in [-0.05, 0) is 24.6 Å². The molecule has 7 heteroatoms. The molecular weight excluding hydrogens is 314 g/mol. The average Bonchev–Trinajstić information content (AvgIpc) is 2.84. The average molecular weight is 329 g/mol. The molecule has 3 aromatic rings. The first-order valence-electron chi connectivity index (χ1n) is 6.87. The fourth-order valence-corrected chi connectivity index (χ4v) is 3.48. The normalized spacial score (nSPS) is 10.7. The Bertz CT molecular complexity index is 959. The Morgan fingerprint density at radius 2 is 2.13 bits per heavy atom. The SMILES string of the molecule is COc1cccc(NC(=O)c2sc3[nH]c(=O)cc(C)c3c2N)c1. The number of fused-ring (bicyclic) bond motifs is 1. The van der Waals surface area contributed by atoms with Crippen molar-refractivity contribution in [3.63, 3.8) is 0 Å². The fourth-order valence-electron chi connectivity index (χ4n) is 2.40. The molecule has 3 rings (SSSR count). The lowest BCUT2D eigenvalue weighted by atomic mass is 10.1. The van der Waals surface area contributed by atoms with Gasteiger partial charge in [0.25, 0.3) is 5.91 Å². The molecule has 0 saturated heterocycles. The van der Waals surface area contributed by atoms with Crippen molar-refractivity contribution in [1.82, 2.24) is 4.98 Å². The van der Waals surface area contributed by atoms with Crippen LogP contribution in [0.3, 0.4) is 0 Å². The molecule has 1 amide bonds. The Hall–Kier alpha value is -2.80. The molecule has 118 valence electrons. The summed E-state index contributed by atoms with van der Waals surface area (Å²) in [6, 6.07) is 8.52. The van der Waals surface area contributed by atoms with Crippen molar-refractivity contribution in [1.29, 1.82) is 0 Å². The smallest absolute Gasteiger partial charge is 0.267 e. The molecule has 0 saturated carbocycles. The summed E-state index contributed by atoms with van der Waals surface area (Å²) >= 11 is 1.17. The topological polar surface area (TPSA) is 97.2 Å². The lowest BCUT2D eigenvalue weighted by molar-refractivity contribution is 0.103. The number of amides is 1. The summed E-state index contributed by atoms with van der Waals surface area (Å²) in [7, 11) is 1.56. The predicted molar refractivity (Wildman–Crippen MR) is 92.5 cm³/mol. The van der Waals surface area contributed by atoms with Crippen LogP contribution in [0.5, 0.6) is 5.75 Å². The Morgan fingerprint density at radius 3 is 2.87 bits per heavy atom. The zero-order valence-electron chi connectivity index (χ0n) is 12.6. The van der Waals surface area contributed by atoms with E-state index in [1.165, 1.54) is 17.4 Å². The van der Waals surface area contributed by atoms with Gasteiger partial charge in [-0.2, -0.15) is 0 Å². The van der Waals surface area contributed by atoms with Crippen LogP contribution in [-0.2, 0) is 0 Å². The highest BCUT2D eigenvalue weighted by atomic mass is 32.1. The minimum atomic E-state index is -0.322. The van der Waals surface area contributed by atoms with E-state index < -0.39 is 0 Å². The van der Waals surface area contributed by atoms with E-state index in [9.17, 15) is 9.59 Å². The summed E-state index contributed by atoms with van der Waals surface area (Å²) < 4.78 is 5.13. The number of aryl methyl sites for hydroxylation is 1. The van der Waals surface area contributed by atoms with Gasteiger partial charge >= 0.3 is 0 Å². The van der Waals surface area contributed by atoms with Crippen LogP contribution in [0.4, 0.5) is 11.4 Å². The van der Waals surface area contributed by atoms with Crippen LogP contribution in [0.2, 0.25) is 0 Å². The number of carbonyl (C=O) groups excluding carboxylic acids is 1. The van der Waals surface area contributed by atoms with E-state index in [0.29, 0.717) is 32.2 Å². The number of aromatic amines is 1. The largest absolute Gasteiger partial charge is 0.497 e. The zero-order valence-corrected chi connectivity index (χ0v) is 13.4. The highest BCUT2D eigenvalue weighted by Gasteiger charge is 2.18. The number of H-pyrrole nitrogens is 1. The number of pyridine rings is 1. The highest BCUT2D eigenvalue weighted by molar-refractivity contribution is 7.21. The third-order valence-electron chi connectivity index (χ3n) is 3.46. The van der Waals surface area contributed by atoms with Gasteiger partial charge in [0, 0.05) is 23.2 Å². The van der Waals surface area contributed by atoms with Crippen LogP contribution >= 0.6 is 11.3 Å². The van der Waals surface area contributed by atoms with Gasteiger partial charge < -0.3 is 20.8 Å². The second-order valence-electron chi connectivity index (χ2n) is 5.05. The van der Waals surface area contributed by atoms with Gasteiger partial charge in [0.15, 0.2) is 0 Å². The number of anilines is 2. The van der Waals surface area contributed by atoms with Crippen LogP contribution in [0.1, 0.15) is 15.2 Å². The third kappa shape index (κ3) is 2.78. The summed E-state index contributed by atoms with van der Waals surface area (Å²) in [6.45, 7) is 1.80. The Morgan fingerprint density at radius 1 is 1.35 bits per heavy atom. The number of nitrogen functional groups attached to an aromatic ring is 1. The van der Waals surface area contributed by atoms with E-state index in [-0.39, 0.29) is 11.5 Å². The molecule has 0 fully saturated rings. The molecule has 0 atom stereocenters. The van der Waals surface area contributed by atoms with E-state index in [1.807, 2.05) is 0 Å². The lowest BCUT2D eigenvalue weighted by Crippen LogP contribution is -2.12. The molecule has 0 aliphatic heterocycles. The maximum Gasteiger partial charge on any atom is 0.267 e. The summed E-state index contributed by atoms with van der Waals surface area (Å²) in [5.41, 5.74) is 7.62. The minimum Gasteiger partial charge on any atom is -0.497 e. The Labute approximate surface area is 135 Å². The molecule has 23 heavy (non-hydrogen) atoms. The van der Waals surface area contributed by atoms with Crippen LogP contribution in [0.15, 0.2) is 35.1 Å². The van der Waals surface area contributed by atoms with Crippen LogP contribution in [-0.4, -0.2) is 18.0 Å². The lowest BCUT2D eigenvalue weighted by Gasteiger charge is -2.06. The first-order valence-corrected chi connectivity index (χ1v) is 7.68. The van der Waals surface area contributed by atoms with Gasteiger partial charge in [-0.25, -0.2) is 0 Å². The summed E-state index contributed by atoms with van der Waals surface area (Å²) in [6.07, 6.45) is 0. The van der Waals surface area contributed by atoms with E-state index >= 15 is 0 Å². The summed E-state index contributed by atoms with van der Waals surface area (Å²) in [5, 5.41) is 3.50. The van der Waals surface area contributed by atoms with Gasteiger partial charge in [0.1, 0.15) is 15.5 Å². The van der Waals surface area contributed by atoms with Gasteiger partial charge in [-0.15, -0.1) is 11.3 Å². The number of nitrogens with two attached hydrogens (primary N) is 1. The standard InChI is InChI=1S/C16H15N3O3S/c1-8-6-11(20)19-16-12(8)13(17)14(23-16)15(21)18-9-4-3-5-10(7-9)22-2/h3-7H,17H2,1-2H3,(H,18,21)(H,19,20). The minimum absolute atomic E-state index is 0.212. The van der Waals surface area contributed by atoms with E-state index in [1.54, 1.807) is 38.3 Å². The molecule has 4 N–H and O–H groups in total. The Balaban J connectivity index is 1.99. The van der Waals surface area contributed by atoms with Crippen molar-refractivity contribution in [3.05, 3.63) is 51.1 Å². The molecule has 0 radical (unpaired) electrons. The number of thiophene rings is 1. The van der Waals surface area contributed by atoms with Crippen molar-refractivity contribution in [2.24, 2.45) is 0 Å². The van der Waals surface area contributed by atoms with Gasteiger partial charge in [-0.1, -0.05) is 6.07 Å². The maximum atomic E-state index is 12.5. The first-order chi connectivity index (χ1) is 11.0. The number of methoxy groups -OCH3 is 1. The van der Waals surface area contributed by atoms with Crippen molar-refractivity contribution in [2.45, 2.75) is 6.92 Å². The van der Waals surface area contributed by atoms with E-state index in [4.69, 9.17) is 10.5 Å². The number of aromatic nitrogens is 1. The van der Waals surface area contributed by atoms with Crippen LogP contribution in [0, 0.1) is 6.92 Å². The molecule has 0 aliphatic rings. The predicted octanol–water partition coefficient (Wildman–Crippen LogP) is 2.74. The third-order valence-corrected chi connectivity index (χ3v) is 4.58. The van der Waals surface area contributed by atoms with Gasteiger partial charge in [-0.3, -0.25) is 9.59 Å². The number of nitrogens with one attached hydrogen (secondary N) is 2. The maximum absolute atomic E-state index is 12.5. The molecule has 0 aliphatic carbocycles. The number of hydrogen-bond acceptors (Lipinski definition) is 5. The molecule has 0 unspecified atom stereocenters. The molecule has 6 nitrogen and oxygen atoms in total. The van der Waals surface area contributed by atoms with E-state index in [2.05, 4.69) is 10.3 Å². The fraction of sp³-hybridized carbons (Fsp3) is 0.125. The number of benzene rings is 1.